The Morgan fingerprint density at radius 1 is 1.61 bits per heavy atom. The minimum Gasteiger partial charge on any atom is -0.469 e. The van der Waals surface area contributed by atoms with Crippen LogP contribution in [0.25, 0.3) is 0 Å². The molecule has 0 saturated carbocycles. The molecule has 2 aromatic heterocycles. The van der Waals surface area contributed by atoms with Crippen molar-refractivity contribution in [3.05, 3.63) is 40.6 Å². The molecule has 0 amide bonds. The summed E-state index contributed by atoms with van der Waals surface area (Å²) < 4.78 is 7.18. The maximum Gasteiger partial charge on any atom is 0.136 e. The minimum absolute atomic E-state index is 0.508. The monoisotopic (exact) mass is 266 g/mol. The number of aliphatic hydroxyl groups is 1. The molecule has 0 saturated heterocycles. The third kappa shape index (κ3) is 1.52. The van der Waals surface area contributed by atoms with Crippen molar-refractivity contribution in [2.24, 2.45) is 0 Å². The minimum atomic E-state index is -1.08. The van der Waals surface area contributed by atoms with Crippen LogP contribution >= 0.6 is 11.6 Å². The van der Waals surface area contributed by atoms with Gasteiger partial charge in [0.2, 0.25) is 0 Å². The highest BCUT2D eigenvalue weighted by Crippen LogP contribution is 2.43. The van der Waals surface area contributed by atoms with Crippen LogP contribution in [-0.2, 0) is 18.6 Å². The van der Waals surface area contributed by atoms with Gasteiger partial charge in [0.15, 0.2) is 0 Å². The summed E-state index contributed by atoms with van der Waals surface area (Å²) in [6.07, 6.45) is 5.60. The van der Waals surface area contributed by atoms with Crippen LogP contribution in [0.4, 0.5) is 0 Å². The van der Waals surface area contributed by atoms with E-state index < -0.39 is 5.60 Å². The molecule has 3 rings (SSSR count). The lowest BCUT2D eigenvalue weighted by atomic mass is 9.80. The van der Waals surface area contributed by atoms with E-state index >= 15 is 0 Å². The van der Waals surface area contributed by atoms with Gasteiger partial charge >= 0.3 is 0 Å². The fourth-order valence-electron chi connectivity index (χ4n) is 2.80. The number of halogens is 1. The standard InChI is InChI=1S/C13H15ClN2O2/c1-2-16-12(10(14)8-15-16)13(17)6-3-4-11-9(13)5-7-18-11/h5,7-8,17H,2-4,6H2,1H3. The van der Waals surface area contributed by atoms with Crippen molar-refractivity contribution in [2.75, 3.05) is 0 Å². The highest BCUT2D eigenvalue weighted by atomic mass is 35.5. The number of hydrogen-bond acceptors (Lipinski definition) is 3. The smallest absolute Gasteiger partial charge is 0.136 e. The number of aromatic nitrogens is 2. The van der Waals surface area contributed by atoms with E-state index in [2.05, 4.69) is 5.10 Å². The summed E-state index contributed by atoms with van der Waals surface area (Å²) in [7, 11) is 0. The molecule has 5 heteroatoms. The largest absolute Gasteiger partial charge is 0.469 e. The average Bonchev–Trinajstić information content (AvgIpc) is 2.96. The number of aryl methyl sites for hydroxylation is 2. The van der Waals surface area contributed by atoms with Crippen molar-refractivity contribution in [3.8, 4) is 0 Å². The molecule has 0 spiro atoms. The van der Waals surface area contributed by atoms with Gasteiger partial charge in [-0.1, -0.05) is 11.6 Å². The summed E-state index contributed by atoms with van der Waals surface area (Å²) in [6, 6.07) is 1.83. The van der Waals surface area contributed by atoms with Gasteiger partial charge in [-0.3, -0.25) is 4.68 Å². The first kappa shape index (κ1) is 11.8. The second-order valence-corrected chi connectivity index (χ2v) is 5.04. The van der Waals surface area contributed by atoms with Gasteiger partial charge in [-0.25, -0.2) is 0 Å². The molecule has 1 aliphatic carbocycles. The predicted molar refractivity (Wildman–Crippen MR) is 67.6 cm³/mol. The molecule has 1 unspecified atom stereocenters. The number of fused-ring (bicyclic) bond motifs is 1. The summed E-state index contributed by atoms with van der Waals surface area (Å²) in [5, 5.41) is 15.8. The van der Waals surface area contributed by atoms with Crippen molar-refractivity contribution >= 4 is 11.6 Å². The fourth-order valence-corrected chi connectivity index (χ4v) is 3.10. The molecule has 0 aliphatic heterocycles. The van der Waals surface area contributed by atoms with Crippen molar-refractivity contribution < 1.29 is 9.52 Å². The van der Waals surface area contributed by atoms with Crippen LogP contribution in [0.15, 0.2) is 22.9 Å². The SMILES string of the molecule is CCn1ncc(Cl)c1C1(O)CCCc2occc21. The second-order valence-electron chi connectivity index (χ2n) is 4.63. The lowest BCUT2D eigenvalue weighted by Crippen LogP contribution is -2.34. The molecule has 0 bridgehead atoms. The van der Waals surface area contributed by atoms with Gasteiger partial charge in [0.25, 0.3) is 0 Å². The Hall–Kier alpha value is -1.26. The lowest BCUT2D eigenvalue weighted by Gasteiger charge is -2.32. The summed E-state index contributed by atoms with van der Waals surface area (Å²) in [5.41, 5.74) is 0.421. The van der Waals surface area contributed by atoms with Gasteiger partial charge < -0.3 is 9.52 Å². The molecule has 1 aliphatic rings. The Morgan fingerprint density at radius 3 is 3.22 bits per heavy atom. The number of rotatable bonds is 2. The zero-order valence-corrected chi connectivity index (χ0v) is 10.9. The molecule has 0 aromatic carbocycles. The first-order valence-electron chi connectivity index (χ1n) is 6.18. The molecular formula is C13H15ClN2O2. The van der Waals surface area contributed by atoms with Crippen LogP contribution in [0.3, 0.4) is 0 Å². The third-order valence-corrected chi connectivity index (χ3v) is 3.90. The van der Waals surface area contributed by atoms with E-state index in [1.165, 1.54) is 0 Å². The van der Waals surface area contributed by atoms with Crippen molar-refractivity contribution in [2.45, 2.75) is 38.3 Å². The van der Waals surface area contributed by atoms with Gasteiger partial charge in [0.05, 0.1) is 23.2 Å². The maximum absolute atomic E-state index is 11.1. The molecule has 1 atom stereocenters. The predicted octanol–water partition coefficient (Wildman–Crippen LogP) is 2.72. The van der Waals surface area contributed by atoms with E-state index in [-0.39, 0.29) is 0 Å². The van der Waals surface area contributed by atoms with Gasteiger partial charge in [0, 0.05) is 18.5 Å². The molecule has 96 valence electrons. The van der Waals surface area contributed by atoms with Gasteiger partial charge in [-0.05, 0) is 25.8 Å². The van der Waals surface area contributed by atoms with E-state index in [1.54, 1.807) is 17.1 Å². The van der Waals surface area contributed by atoms with Crippen LogP contribution in [0.1, 0.15) is 36.8 Å². The number of nitrogens with zero attached hydrogens (tertiary/aromatic N) is 2. The van der Waals surface area contributed by atoms with Crippen molar-refractivity contribution in [1.82, 2.24) is 9.78 Å². The normalized spacial score (nSPS) is 23.1. The highest BCUT2D eigenvalue weighted by molar-refractivity contribution is 6.31. The Labute approximate surface area is 110 Å². The van der Waals surface area contributed by atoms with E-state index in [9.17, 15) is 5.11 Å². The third-order valence-electron chi connectivity index (χ3n) is 3.62. The molecule has 0 radical (unpaired) electrons. The molecular weight excluding hydrogens is 252 g/mol. The topological polar surface area (TPSA) is 51.2 Å². The second kappa shape index (κ2) is 4.14. The summed E-state index contributed by atoms with van der Waals surface area (Å²) in [4.78, 5) is 0. The van der Waals surface area contributed by atoms with Crippen molar-refractivity contribution in [1.29, 1.82) is 0 Å². The molecule has 1 N–H and O–H groups in total. The Balaban J connectivity index is 2.20. The van der Waals surface area contributed by atoms with E-state index in [0.717, 1.165) is 24.2 Å². The molecule has 18 heavy (non-hydrogen) atoms. The van der Waals surface area contributed by atoms with Crippen LogP contribution in [0, 0.1) is 0 Å². The maximum atomic E-state index is 11.1. The van der Waals surface area contributed by atoms with Crippen LogP contribution in [-0.4, -0.2) is 14.9 Å². The van der Waals surface area contributed by atoms with Gasteiger partial charge in [-0.2, -0.15) is 5.10 Å². The van der Waals surface area contributed by atoms with Crippen molar-refractivity contribution in [3.63, 3.8) is 0 Å². The molecule has 4 nitrogen and oxygen atoms in total. The highest BCUT2D eigenvalue weighted by Gasteiger charge is 2.41. The molecule has 2 aromatic rings. The first-order valence-corrected chi connectivity index (χ1v) is 6.55. The van der Waals surface area contributed by atoms with Gasteiger partial charge in [0.1, 0.15) is 11.4 Å². The Bertz CT molecular complexity index is 575. The average molecular weight is 267 g/mol. The van der Waals surface area contributed by atoms with E-state index in [1.807, 2.05) is 13.0 Å². The summed E-state index contributed by atoms with van der Waals surface area (Å²) in [5.74, 6) is 0.851. The zero-order chi connectivity index (χ0) is 12.8. The first-order chi connectivity index (χ1) is 8.66. The molecule has 2 heterocycles. The number of hydrogen-bond donors (Lipinski definition) is 1. The summed E-state index contributed by atoms with van der Waals surface area (Å²) in [6.45, 7) is 2.66. The van der Waals surface area contributed by atoms with E-state index in [0.29, 0.717) is 23.7 Å². The van der Waals surface area contributed by atoms with E-state index in [4.69, 9.17) is 16.0 Å². The molecule has 0 fully saturated rings. The number of furan rings is 1. The quantitative estimate of drug-likeness (QED) is 0.909. The van der Waals surface area contributed by atoms with Crippen LogP contribution in [0.5, 0.6) is 0 Å². The fraction of sp³-hybridized carbons (Fsp3) is 0.462. The van der Waals surface area contributed by atoms with Crippen LogP contribution in [0.2, 0.25) is 5.02 Å². The Morgan fingerprint density at radius 2 is 2.44 bits per heavy atom. The zero-order valence-electron chi connectivity index (χ0n) is 10.2. The van der Waals surface area contributed by atoms with Crippen LogP contribution < -0.4 is 0 Å². The summed E-state index contributed by atoms with van der Waals surface area (Å²) >= 11 is 6.21. The Kier molecular flexibility index (Phi) is 2.72. The van der Waals surface area contributed by atoms with Gasteiger partial charge in [-0.15, -0.1) is 0 Å². The lowest BCUT2D eigenvalue weighted by molar-refractivity contribution is 0.0499.